The first-order valence-electron chi connectivity index (χ1n) is 10.8. The smallest absolute Gasteiger partial charge is 0.254 e. The van der Waals surface area contributed by atoms with Gasteiger partial charge in [-0.2, -0.15) is 0 Å². The highest BCUT2D eigenvalue weighted by Gasteiger charge is 2.50. The van der Waals surface area contributed by atoms with Gasteiger partial charge >= 0.3 is 0 Å². The number of nitrogen functional groups attached to an aromatic ring is 1. The van der Waals surface area contributed by atoms with Crippen molar-refractivity contribution in [2.24, 2.45) is 5.92 Å². The average Bonchev–Trinajstić information content (AvgIpc) is 3.39. The Morgan fingerprint density at radius 1 is 1.00 bits per heavy atom. The van der Waals surface area contributed by atoms with Gasteiger partial charge in [-0.05, 0) is 48.1 Å². The van der Waals surface area contributed by atoms with Gasteiger partial charge in [-0.1, -0.05) is 36.4 Å². The van der Waals surface area contributed by atoms with E-state index in [1.807, 2.05) is 47.0 Å². The monoisotopic (exact) mass is 419 g/mol. The summed E-state index contributed by atoms with van der Waals surface area (Å²) in [5.41, 5.74) is 7.35. The predicted molar refractivity (Wildman–Crippen MR) is 120 cm³/mol. The molecule has 2 aromatic carbocycles. The number of thioether (sulfide) groups is 1. The fourth-order valence-corrected chi connectivity index (χ4v) is 7.24. The molecule has 7 rings (SSSR count). The summed E-state index contributed by atoms with van der Waals surface area (Å²) in [6.07, 6.45) is 7.73. The van der Waals surface area contributed by atoms with Gasteiger partial charge < -0.3 is 15.5 Å². The molecule has 0 spiro atoms. The molecule has 5 nitrogen and oxygen atoms in total. The summed E-state index contributed by atoms with van der Waals surface area (Å²) >= 11 is 1.84. The minimum atomic E-state index is 0.0344. The standard InChI is InChI=1S/C24H25N3O2S/c25-16-9-15-3-1-2-4-20(15)21(10-16)23(28)26-12-18-11-17(26)13-27(18)24(29)22-14-5-7-19(30-22)8-6-14/h1-5,7,9-10,14,17-19,22H,6,8,11-13,25H2/t14?,17-,18-,19?,22?/m0/s1. The van der Waals surface area contributed by atoms with Crippen LogP contribution < -0.4 is 5.73 Å². The van der Waals surface area contributed by atoms with Gasteiger partial charge in [-0.3, -0.25) is 9.59 Å². The number of nitrogens with zero attached hydrogens (tertiary/aromatic N) is 2. The van der Waals surface area contributed by atoms with Crippen LogP contribution in [-0.4, -0.2) is 57.3 Å². The third kappa shape index (κ3) is 2.77. The first-order valence-corrected chi connectivity index (χ1v) is 11.8. The molecule has 0 aromatic heterocycles. The number of piperazine rings is 1. The minimum Gasteiger partial charge on any atom is -0.399 e. The van der Waals surface area contributed by atoms with E-state index in [0.717, 1.165) is 23.6 Å². The van der Waals surface area contributed by atoms with Crippen LogP contribution in [0.15, 0.2) is 48.6 Å². The van der Waals surface area contributed by atoms with E-state index in [-0.39, 0.29) is 29.1 Å². The first kappa shape index (κ1) is 18.3. The highest BCUT2D eigenvalue weighted by atomic mass is 32.2. The second-order valence-electron chi connectivity index (χ2n) is 9.00. The van der Waals surface area contributed by atoms with Gasteiger partial charge in [-0.25, -0.2) is 0 Å². The van der Waals surface area contributed by atoms with Crippen molar-refractivity contribution >= 4 is 40.0 Å². The van der Waals surface area contributed by atoms with Crippen molar-refractivity contribution in [3.63, 3.8) is 0 Å². The van der Waals surface area contributed by atoms with Crippen LogP contribution in [0.3, 0.4) is 0 Å². The normalized spacial score (nSPS) is 31.7. The third-order valence-electron chi connectivity index (χ3n) is 7.21. The van der Waals surface area contributed by atoms with Crippen LogP contribution in [0.25, 0.3) is 10.8 Å². The van der Waals surface area contributed by atoms with Crippen LogP contribution in [0.5, 0.6) is 0 Å². The van der Waals surface area contributed by atoms with Crippen LogP contribution in [0.2, 0.25) is 0 Å². The number of amides is 2. The molecule has 6 heteroatoms. The van der Waals surface area contributed by atoms with Crippen LogP contribution in [0.4, 0.5) is 5.69 Å². The van der Waals surface area contributed by atoms with E-state index in [9.17, 15) is 9.59 Å². The maximum atomic E-state index is 13.4. The lowest BCUT2D eigenvalue weighted by Gasteiger charge is -2.41. The lowest BCUT2D eigenvalue weighted by atomic mass is 9.90. The number of carbonyl (C=O) groups excluding carboxylic acids is 2. The second-order valence-corrected chi connectivity index (χ2v) is 10.4. The number of hydrogen-bond donors (Lipinski definition) is 1. The van der Waals surface area contributed by atoms with E-state index in [4.69, 9.17) is 5.73 Å². The lowest BCUT2D eigenvalue weighted by Crippen LogP contribution is -2.54. The zero-order valence-corrected chi connectivity index (χ0v) is 17.6. The fraction of sp³-hybridized carbons (Fsp3) is 0.417. The summed E-state index contributed by atoms with van der Waals surface area (Å²) < 4.78 is 0. The molecule has 0 saturated carbocycles. The summed E-state index contributed by atoms with van der Waals surface area (Å²) in [7, 11) is 0. The van der Waals surface area contributed by atoms with Crippen LogP contribution in [0, 0.1) is 5.92 Å². The van der Waals surface area contributed by atoms with Crippen molar-refractivity contribution < 1.29 is 9.59 Å². The van der Waals surface area contributed by atoms with E-state index in [1.165, 1.54) is 6.42 Å². The molecule has 3 fully saturated rings. The van der Waals surface area contributed by atoms with Crippen molar-refractivity contribution in [1.82, 2.24) is 9.80 Å². The summed E-state index contributed by atoms with van der Waals surface area (Å²) in [4.78, 5) is 30.8. The second kappa shape index (κ2) is 6.77. The summed E-state index contributed by atoms with van der Waals surface area (Å²) in [5.74, 6) is 0.697. The van der Waals surface area contributed by atoms with Gasteiger partial charge in [0, 0.05) is 29.6 Å². The van der Waals surface area contributed by atoms with Gasteiger partial charge in [0.15, 0.2) is 0 Å². The number of benzene rings is 2. The molecule has 0 radical (unpaired) electrons. The van der Waals surface area contributed by atoms with E-state index in [0.29, 0.717) is 35.5 Å². The largest absolute Gasteiger partial charge is 0.399 e. The van der Waals surface area contributed by atoms with E-state index in [2.05, 4.69) is 17.1 Å². The summed E-state index contributed by atoms with van der Waals surface area (Å²) in [6.45, 7) is 1.29. The number of nitrogens with two attached hydrogens (primary N) is 1. The highest BCUT2D eigenvalue weighted by Crippen LogP contribution is 2.44. The van der Waals surface area contributed by atoms with Crippen molar-refractivity contribution in [3.8, 4) is 0 Å². The molecular weight excluding hydrogens is 394 g/mol. The minimum absolute atomic E-state index is 0.0344. The predicted octanol–water partition coefficient (Wildman–Crippen LogP) is 3.30. The molecule has 30 heavy (non-hydrogen) atoms. The van der Waals surface area contributed by atoms with E-state index >= 15 is 0 Å². The van der Waals surface area contributed by atoms with Crippen molar-refractivity contribution in [1.29, 1.82) is 0 Å². The van der Waals surface area contributed by atoms with Crippen molar-refractivity contribution in [2.75, 3.05) is 18.8 Å². The number of allylic oxidation sites excluding steroid dienone is 1. The summed E-state index contributed by atoms with van der Waals surface area (Å²) in [6, 6.07) is 11.8. The number of hydrogen-bond acceptors (Lipinski definition) is 4. The Labute approximate surface area is 180 Å². The molecule has 3 saturated heterocycles. The maximum Gasteiger partial charge on any atom is 0.254 e. The Hall–Kier alpha value is -2.47. The molecule has 3 unspecified atom stereocenters. The number of likely N-dealkylation sites (tertiary alicyclic amines) is 2. The Morgan fingerprint density at radius 3 is 2.50 bits per heavy atom. The molecule has 5 atom stereocenters. The lowest BCUT2D eigenvalue weighted by molar-refractivity contribution is -0.133. The Bertz CT molecular complexity index is 1080. The van der Waals surface area contributed by atoms with E-state index in [1.54, 1.807) is 6.07 Å². The van der Waals surface area contributed by atoms with Gasteiger partial charge in [0.1, 0.15) is 0 Å². The van der Waals surface area contributed by atoms with Crippen LogP contribution >= 0.6 is 11.8 Å². The summed E-state index contributed by atoms with van der Waals surface area (Å²) in [5, 5.41) is 2.49. The molecule has 1 aliphatic carbocycles. The maximum absolute atomic E-state index is 13.4. The van der Waals surface area contributed by atoms with Crippen LogP contribution in [0.1, 0.15) is 29.6 Å². The highest BCUT2D eigenvalue weighted by molar-refractivity contribution is 8.01. The number of fused-ring (bicyclic) bond motifs is 5. The fourth-order valence-electron chi connectivity index (χ4n) is 5.73. The number of rotatable bonds is 2. The zero-order valence-electron chi connectivity index (χ0n) is 16.7. The van der Waals surface area contributed by atoms with Crippen molar-refractivity contribution in [2.45, 2.75) is 41.8 Å². The first-order chi connectivity index (χ1) is 14.6. The zero-order chi connectivity index (χ0) is 20.4. The molecule has 154 valence electrons. The molecule has 4 bridgehead atoms. The Balaban J connectivity index is 1.22. The van der Waals surface area contributed by atoms with Gasteiger partial charge in [-0.15, -0.1) is 11.8 Å². The Kier molecular flexibility index (Phi) is 4.13. The topological polar surface area (TPSA) is 66.6 Å². The van der Waals surface area contributed by atoms with Gasteiger partial charge in [0.05, 0.1) is 17.3 Å². The molecule has 5 aliphatic rings. The SMILES string of the molecule is Nc1cc(C(=O)N2C[C@@H]3C[C@H]2CN3C(=O)C2SC3C=CC2CC3)c2ccccc2c1. The molecule has 2 N–H and O–H groups in total. The number of anilines is 1. The average molecular weight is 420 g/mol. The number of carbonyl (C=O) groups is 2. The molecular formula is C24H25N3O2S. The van der Waals surface area contributed by atoms with Crippen LogP contribution in [-0.2, 0) is 4.79 Å². The molecule has 2 aromatic rings. The van der Waals surface area contributed by atoms with Gasteiger partial charge in [0.2, 0.25) is 5.91 Å². The Morgan fingerprint density at radius 2 is 1.80 bits per heavy atom. The van der Waals surface area contributed by atoms with E-state index < -0.39 is 0 Å². The third-order valence-corrected chi connectivity index (χ3v) is 8.80. The van der Waals surface area contributed by atoms with Crippen molar-refractivity contribution in [3.05, 3.63) is 54.1 Å². The van der Waals surface area contributed by atoms with Gasteiger partial charge in [0.25, 0.3) is 5.91 Å². The molecule has 2 amide bonds. The molecule has 4 heterocycles. The quantitative estimate of drug-likeness (QED) is 0.599. The molecule has 4 aliphatic heterocycles.